The van der Waals surface area contributed by atoms with Gasteiger partial charge in [0, 0.05) is 12.2 Å². The van der Waals surface area contributed by atoms with Crippen LogP contribution in [0.25, 0.3) is 0 Å². The molecule has 1 aromatic heterocycles. The van der Waals surface area contributed by atoms with Crippen LogP contribution in [-0.2, 0) is 0 Å². The van der Waals surface area contributed by atoms with Crippen molar-refractivity contribution >= 4 is 11.7 Å². The zero-order chi connectivity index (χ0) is 13.2. The Kier molecular flexibility index (Phi) is 3.52. The van der Waals surface area contributed by atoms with Crippen molar-refractivity contribution in [3.63, 3.8) is 0 Å². The molecule has 98 valence electrons. The van der Waals surface area contributed by atoms with Gasteiger partial charge < -0.3 is 16.2 Å². The Morgan fingerprint density at radius 3 is 2.83 bits per heavy atom. The molecule has 1 amide bonds. The minimum absolute atomic E-state index is 0.234. The van der Waals surface area contributed by atoms with E-state index in [4.69, 9.17) is 5.73 Å². The lowest BCUT2D eigenvalue weighted by Gasteiger charge is -2.33. The highest BCUT2D eigenvalue weighted by atomic mass is 16.3. The normalized spacial score (nSPS) is 27.8. The maximum Gasteiger partial charge on any atom is 0.252 e. The van der Waals surface area contributed by atoms with Crippen LogP contribution in [0.4, 0.5) is 5.82 Å². The molecular formula is C13H19N3O2. The van der Waals surface area contributed by atoms with Gasteiger partial charge in [0.1, 0.15) is 5.82 Å². The molecule has 2 rings (SSSR count). The maximum absolute atomic E-state index is 11.3. The highest BCUT2D eigenvalue weighted by molar-refractivity contribution is 5.97. The molecule has 0 bridgehead atoms. The van der Waals surface area contributed by atoms with Crippen molar-refractivity contribution in [2.24, 2.45) is 5.73 Å². The van der Waals surface area contributed by atoms with Gasteiger partial charge in [0.15, 0.2) is 0 Å². The van der Waals surface area contributed by atoms with Crippen molar-refractivity contribution in [2.45, 2.75) is 44.2 Å². The highest BCUT2D eigenvalue weighted by Gasteiger charge is 2.29. The van der Waals surface area contributed by atoms with Gasteiger partial charge >= 0.3 is 0 Å². The van der Waals surface area contributed by atoms with Crippen LogP contribution in [0.2, 0.25) is 0 Å². The lowest BCUT2D eigenvalue weighted by molar-refractivity contribution is 0.0196. The molecule has 0 radical (unpaired) electrons. The van der Waals surface area contributed by atoms with E-state index in [1.807, 2.05) is 6.92 Å². The SMILES string of the molecule is CC1(O)CCC(Nc2ncccc2C(N)=O)CC1. The molecular weight excluding hydrogens is 230 g/mol. The summed E-state index contributed by atoms with van der Waals surface area (Å²) in [5.41, 5.74) is 5.16. The summed E-state index contributed by atoms with van der Waals surface area (Å²) in [7, 11) is 0. The summed E-state index contributed by atoms with van der Waals surface area (Å²) >= 11 is 0. The number of hydrogen-bond acceptors (Lipinski definition) is 4. The number of hydrogen-bond donors (Lipinski definition) is 3. The van der Waals surface area contributed by atoms with Crippen molar-refractivity contribution < 1.29 is 9.90 Å². The lowest BCUT2D eigenvalue weighted by atomic mass is 9.83. The topological polar surface area (TPSA) is 88.2 Å². The number of nitrogens with zero attached hydrogens (tertiary/aromatic N) is 1. The van der Waals surface area contributed by atoms with Gasteiger partial charge in [-0.15, -0.1) is 0 Å². The molecule has 0 aromatic carbocycles. The van der Waals surface area contributed by atoms with E-state index in [0.29, 0.717) is 11.4 Å². The van der Waals surface area contributed by atoms with Crippen molar-refractivity contribution in [3.05, 3.63) is 23.9 Å². The van der Waals surface area contributed by atoms with E-state index in [0.717, 1.165) is 25.7 Å². The lowest BCUT2D eigenvalue weighted by Crippen LogP contribution is -2.36. The number of anilines is 1. The van der Waals surface area contributed by atoms with Crippen LogP contribution in [0.3, 0.4) is 0 Å². The number of nitrogens with one attached hydrogen (secondary N) is 1. The fourth-order valence-corrected chi connectivity index (χ4v) is 2.30. The van der Waals surface area contributed by atoms with Crippen molar-refractivity contribution in [1.82, 2.24) is 4.98 Å². The zero-order valence-electron chi connectivity index (χ0n) is 10.5. The first kappa shape index (κ1) is 12.8. The number of carbonyl (C=O) groups is 1. The minimum Gasteiger partial charge on any atom is -0.390 e. The molecule has 1 aliphatic rings. The van der Waals surface area contributed by atoms with Gasteiger partial charge in [-0.05, 0) is 44.7 Å². The summed E-state index contributed by atoms with van der Waals surface area (Å²) in [6.45, 7) is 1.86. The summed E-state index contributed by atoms with van der Waals surface area (Å²) in [4.78, 5) is 15.4. The first-order chi connectivity index (χ1) is 8.48. The van der Waals surface area contributed by atoms with E-state index < -0.39 is 11.5 Å². The van der Waals surface area contributed by atoms with E-state index in [2.05, 4.69) is 10.3 Å². The Morgan fingerprint density at radius 1 is 1.56 bits per heavy atom. The van der Waals surface area contributed by atoms with Crippen LogP contribution in [0.5, 0.6) is 0 Å². The van der Waals surface area contributed by atoms with Gasteiger partial charge in [-0.2, -0.15) is 0 Å². The van der Waals surface area contributed by atoms with Crippen LogP contribution < -0.4 is 11.1 Å². The van der Waals surface area contributed by atoms with Crippen LogP contribution in [-0.4, -0.2) is 27.6 Å². The first-order valence-electron chi connectivity index (χ1n) is 6.22. The predicted octanol–water partition coefficient (Wildman–Crippen LogP) is 1.29. The summed E-state index contributed by atoms with van der Waals surface area (Å²) in [6, 6.07) is 3.59. The number of primary amides is 1. The fourth-order valence-electron chi connectivity index (χ4n) is 2.30. The van der Waals surface area contributed by atoms with E-state index in [1.54, 1.807) is 18.3 Å². The second-order valence-electron chi connectivity index (χ2n) is 5.18. The smallest absolute Gasteiger partial charge is 0.252 e. The molecule has 0 aliphatic heterocycles. The largest absolute Gasteiger partial charge is 0.390 e. The Morgan fingerprint density at radius 2 is 2.22 bits per heavy atom. The summed E-state index contributed by atoms with van der Waals surface area (Å²) in [5.74, 6) is 0.0601. The molecule has 1 heterocycles. The zero-order valence-corrected chi connectivity index (χ0v) is 10.5. The first-order valence-corrected chi connectivity index (χ1v) is 6.22. The van der Waals surface area contributed by atoms with Gasteiger partial charge in [-0.1, -0.05) is 0 Å². The predicted molar refractivity (Wildman–Crippen MR) is 69.3 cm³/mol. The van der Waals surface area contributed by atoms with Gasteiger partial charge in [0.2, 0.25) is 0 Å². The highest BCUT2D eigenvalue weighted by Crippen LogP contribution is 2.29. The van der Waals surface area contributed by atoms with Gasteiger partial charge in [0.05, 0.1) is 11.2 Å². The molecule has 1 fully saturated rings. The number of amides is 1. The van der Waals surface area contributed by atoms with Gasteiger partial charge in [-0.3, -0.25) is 4.79 Å². The second kappa shape index (κ2) is 4.94. The fraction of sp³-hybridized carbons (Fsp3) is 0.538. The molecule has 4 N–H and O–H groups in total. The molecule has 0 saturated heterocycles. The van der Waals surface area contributed by atoms with E-state index in [-0.39, 0.29) is 6.04 Å². The van der Waals surface area contributed by atoms with Gasteiger partial charge in [-0.25, -0.2) is 4.98 Å². The Hall–Kier alpha value is -1.62. The van der Waals surface area contributed by atoms with Crippen LogP contribution in [0.1, 0.15) is 43.0 Å². The summed E-state index contributed by atoms with van der Waals surface area (Å²) in [6.07, 6.45) is 4.87. The Bertz CT molecular complexity index is 436. The molecule has 0 spiro atoms. The molecule has 0 unspecified atom stereocenters. The number of rotatable bonds is 3. The number of nitrogens with two attached hydrogens (primary N) is 1. The van der Waals surface area contributed by atoms with Crippen LogP contribution in [0.15, 0.2) is 18.3 Å². The third-order valence-corrected chi connectivity index (χ3v) is 3.48. The molecule has 5 nitrogen and oxygen atoms in total. The Labute approximate surface area is 106 Å². The third kappa shape index (κ3) is 2.98. The van der Waals surface area contributed by atoms with E-state index in [9.17, 15) is 9.90 Å². The van der Waals surface area contributed by atoms with Crippen molar-refractivity contribution in [3.8, 4) is 0 Å². The number of pyridine rings is 1. The Balaban J connectivity index is 2.04. The summed E-state index contributed by atoms with van der Waals surface area (Å²) in [5, 5.41) is 13.1. The molecule has 1 saturated carbocycles. The molecule has 1 aromatic rings. The molecule has 0 atom stereocenters. The quantitative estimate of drug-likeness (QED) is 0.753. The standard InChI is InChI=1S/C13H19N3O2/c1-13(18)6-4-9(5-7-13)16-12-10(11(14)17)3-2-8-15-12/h2-3,8-9,18H,4-7H2,1H3,(H2,14,17)(H,15,16). The summed E-state index contributed by atoms with van der Waals surface area (Å²) < 4.78 is 0. The minimum atomic E-state index is -0.561. The van der Waals surface area contributed by atoms with Crippen molar-refractivity contribution in [1.29, 1.82) is 0 Å². The average molecular weight is 249 g/mol. The number of carbonyl (C=O) groups excluding carboxylic acids is 1. The third-order valence-electron chi connectivity index (χ3n) is 3.48. The van der Waals surface area contributed by atoms with Crippen LogP contribution in [0, 0.1) is 0 Å². The average Bonchev–Trinajstić information content (AvgIpc) is 2.32. The monoisotopic (exact) mass is 249 g/mol. The number of aromatic nitrogens is 1. The molecule has 18 heavy (non-hydrogen) atoms. The second-order valence-corrected chi connectivity index (χ2v) is 5.18. The van der Waals surface area contributed by atoms with Crippen LogP contribution >= 0.6 is 0 Å². The molecule has 1 aliphatic carbocycles. The maximum atomic E-state index is 11.3. The van der Waals surface area contributed by atoms with E-state index >= 15 is 0 Å². The number of aliphatic hydroxyl groups is 1. The van der Waals surface area contributed by atoms with Gasteiger partial charge in [0.25, 0.3) is 5.91 Å². The van der Waals surface area contributed by atoms with E-state index in [1.165, 1.54) is 0 Å². The van der Waals surface area contributed by atoms with Crippen molar-refractivity contribution in [2.75, 3.05) is 5.32 Å². The molecule has 5 heteroatoms.